The summed E-state index contributed by atoms with van der Waals surface area (Å²) in [6.07, 6.45) is -0.104. The van der Waals surface area contributed by atoms with Crippen molar-refractivity contribution in [1.29, 1.82) is 0 Å². The minimum absolute atomic E-state index is 0. The molecule has 6 nitrogen and oxygen atoms in total. The molecule has 0 bridgehead atoms. The van der Waals surface area contributed by atoms with Crippen LogP contribution in [0.15, 0.2) is 53.5 Å². The van der Waals surface area contributed by atoms with Crippen molar-refractivity contribution >= 4 is 29.9 Å². The van der Waals surface area contributed by atoms with Crippen LogP contribution in [0.4, 0.5) is 4.39 Å². The van der Waals surface area contributed by atoms with Crippen LogP contribution < -0.4 is 20.1 Å². The van der Waals surface area contributed by atoms with Gasteiger partial charge in [0.05, 0.1) is 6.54 Å². The average Bonchev–Trinajstić information content (AvgIpc) is 2.70. The molecule has 0 saturated heterocycles. The van der Waals surface area contributed by atoms with E-state index in [9.17, 15) is 4.39 Å². The third kappa shape index (κ3) is 10.1. The van der Waals surface area contributed by atoms with Gasteiger partial charge in [-0.05, 0) is 63.0 Å². The molecule has 1 atom stereocenters. The molecule has 0 spiro atoms. The minimum atomic E-state index is -0.278. The molecule has 0 aromatic heterocycles. The summed E-state index contributed by atoms with van der Waals surface area (Å²) in [6.45, 7) is 4.65. The van der Waals surface area contributed by atoms with Gasteiger partial charge in [0, 0.05) is 20.1 Å². The number of nitrogens with one attached hydrogen (secondary N) is 2. The fraction of sp³-hybridized carbons (Fsp3) is 0.409. The molecule has 2 aromatic rings. The van der Waals surface area contributed by atoms with Crippen molar-refractivity contribution in [2.24, 2.45) is 4.99 Å². The second-order valence-corrected chi connectivity index (χ2v) is 6.99. The van der Waals surface area contributed by atoms with Crippen LogP contribution in [-0.4, -0.2) is 57.8 Å². The molecule has 0 aliphatic heterocycles. The monoisotopic (exact) mass is 530 g/mol. The van der Waals surface area contributed by atoms with E-state index in [0.29, 0.717) is 31.4 Å². The van der Waals surface area contributed by atoms with Gasteiger partial charge in [-0.1, -0.05) is 12.1 Å². The summed E-state index contributed by atoms with van der Waals surface area (Å²) >= 11 is 0. The minimum Gasteiger partial charge on any atom is -0.492 e. The fourth-order valence-electron chi connectivity index (χ4n) is 2.53. The Balaban J connectivity index is 0.00000450. The molecule has 166 valence electrons. The maximum atomic E-state index is 13.0. The van der Waals surface area contributed by atoms with Crippen molar-refractivity contribution in [2.75, 3.05) is 40.8 Å². The van der Waals surface area contributed by atoms with Gasteiger partial charge < -0.3 is 25.0 Å². The Morgan fingerprint density at radius 3 is 2.50 bits per heavy atom. The topological polar surface area (TPSA) is 58.1 Å². The first-order chi connectivity index (χ1) is 14.0. The molecular weight excluding hydrogens is 498 g/mol. The normalized spacial score (nSPS) is 12.1. The van der Waals surface area contributed by atoms with Crippen molar-refractivity contribution in [1.82, 2.24) is 15.5 Å². The van der Waals surface area contributed by atoms with Crippen molar-refractivity contribution in [3.8, 4) is 11.5 Å². The molecule has 0 aliphatic rings. The zero-order chi connectivity index (χ0) is 21.1. The van der Waals surface area contributed by atoms with Crippen molar-refractivity contribution < 1.29 is 13.9 Å². The molecule has 30 heavy (non-hydrogen) atoms. The number of halogens is 2. The van der Waals surface area contributed by atoms with Gasteiger partial charge in [0.1, 0.15) is 30.0 Å². The number of nitrogens with zero attached hydrogens (tertiary/aromatic N) is 2. The maximum absolute atomic E-state index is 13.0. The molecule has 2 aromatic carbocycles. The molecule has 2 N–H and O–H groups in total. The van der Waals surface area contributed by atoms with Crippen LogP contribution in [0.1, 0.15) is 12.5 Å². The number of hydrogen-bond acceptors (Lipinski definition) is 4. The number of guanidine groups is 1. The van der Waals surface area contributed by atoms with Crippen LogP contribution in [0.2, 0.25) is 0 Å². The summed E-state index contributed by atoms with van der Waals surface area (Å²) < 4.78 is 24.5. The van der Waals surface area contributed by atoms with Crippen LogP contribution >= 0.6 is 24.0 Å². The van der Waals surface area contributed by atoms with Crippen LogP contribution in [0, 0.1) is 5.82 Å². The predicted octanol–water partition coefficient (Wildman–Crippen LogP) is 3.52. The number of rotatable bonds is 10. The van der Waals surface area contributed by atoms with Crippen LogP contribution in [0.5, 0.6) is 11.5 Å². The highest BCUT2D eigenvalue weighted by Crippen LogP contribution is 2.14. The third-order valence-electron chi connectivity index (χ3n) is 4.10. The van der Waals surface area contributed by atoms with Gasteiger partial charge in [-0.2, -0.15) is 0 Å². The molecule has 0 radical (unpaired) electrons. The maximum Gasteiger partial charge on any atom is 0.191 e. The first-order valence-electron chi connectivity index (χ1n) is 9.69. The molecule has 0 fully saturated rings. The van der Waals surface area contributed by atoms with Gasteiger partial charge in [-0.25, -0.2) is 4.39 Å². The van der Waals surface area contributed by atoms with Gasteiger partial charge >= 0.3 is 0 Å². The number of likely N-dealkylation sites (N-methyl/N-ethyl adjacent to an activating group) is 1. The van der Waals surface area contributed by atoms with Gasteiger partial charge in [0.15, 0.2) is 5.96 Å². The largest absolute Gasteiger partial charge is 0.492 e. The highest BCUT2D eigenvalue weighted by Gasteiger charge is 2.06. The smallest absolute Gasteiger partial charge is 0.191 e. The van der Waals surface area contributed by atoms with Gasteiger partial charge in [0.2, 0.25) is 0 Å². The quantitative estimate of drug-likeness (QED) is 0.280. The summed E-state index contributed by atoms with van der Waals surface area (Å²) in [6, 6.07) is 14.0. The number of aliphatic imine (C=N–C) groups is 1. The van der Waals surface area contributed by atoms with Gasteiger partial charge in [0.25, 0.3) is 0 Å². The molecule has 0 heterocycles. The van der Waals surface area contributed by atoms with E-state index in [4.69, 9.17) is 9.47 Å². The fourth-order valence-corrected chi connectivity index (χ4v) is 2.53. The van der Waals surface area contributed by atoms with Gasteiger partial charge in [-0.15, -0.1) is 24.0 Å². The van der Waals surface area contributed by atoms with E-state index < -0.39 is 0 Å². The SMILES string of the molecule is CN=C(NCc1cccc(OCCN(C)C)c1)NCC(C)Oc1ccc(F)cc1.I. The number of ether oxygens (including phenoxy) is 2. The first kappa shape index (κ1) is 26.0. The standard InChI is InChI=1S/C22H31FN4O2.HI/c1-17(29-20-10-8-19(23)9-11-20)15-25-22(24-2)26-16-18-6-5-7-21(14-18)28-13-12-27(3)4;/h5-11,14,17H,12-13,15-16H2,1-4H3,(H2,24,25,26);1H. The summed E-state index contributed by atoms with van der Waals surface area (Å²) in [5.41, 5.74) is 1.10. The Morgan fingerprint density at radius 1 is 1.10 bits per heavy atom. The summed E-state index contributed by atoms with van der Waals surface area (Å²) in [4.78, 5) is 6.32. The highest BCUT2D eigenvalue weighted by atomic mass is 127. The molecule has 0 aliphatic carbocycles. The molecular formula is C22H32FIN4O2. The second kappa shape index (κ2) is 14.0. The Labute approximate surface area is 195 Å². The van der Waals surface area contributed by atoms with E-state index in [1.165, 1.54) is 12.1 Å². The lowest BCUT2D eigenvalue weighted by molar-refractivity contribution is 0.223. The molecule has 2 rings (SSSR count). The zero-order valence-electron chi connectivity index (χ0n) is 18.0. The van der Waals surface area contributed by atoms with E-state index in [2.05, 4.69) is 20.5 Å². The summed E-state index contributed by atoms with van der Waals surface area (Å²) in [5.74, 6) is 1.89. The van der Waals surface area contributed by atoms with Crippen LogP contribution in [0.25, 0.3) is 0 Å². The van der Waals surface area contributed by atoms with E-state index in [-0.39, 0.29) is 35.9 Å². The average molecular weight is 530 g/mol. The Hall–Kier alpha value is -2.07. The summed E-state index contributed by atoms with van der Waals surface area (Å²) in [5, 5.41) is 6.52. The third-order valence-corrected chi connectivity index (χ3v) is 4.10. The first-order valence-corrected chi connectivity index (χ1v) is 9.69. The van der Waals surface area contributed by atoms with E-state index in [1.54, 1.807) is 19.2 Å². The van der Waals surface area contributed by atoms with E-state index >= 15 is 0 Å². The van der Waals surface area contributed by atoms with Crippen LogP contribution in [0.3, 0.4) is 0 Å². The number of benzene rings is 2. The lowest BCUT2D eigenvalue weighted by Gasteiger charge is -2.18. The predicted molar refractivity (Wildman–Crippen MR) is 131 cm³/mol. The Bertz CT molecular complexity index is 772. The second-order valence-electron chi connectivity index (χ2n) is 6.99. The van der Waals surface area contributed by atoms with Crippen molar-refractivity contribution in [2.45, 2.75) is 19.6 Å². The molecule has 0 saturated carbocycles. The molecule has 8 heteroatoms. The number of hydrogen-bond donors (Lipinski definition) is 2. The van der Waals surface area contributed by atoms with Crippen molar-refractivity contribution in [3.63, 3.8) is 0 Å². The van der Waals surface area contributed by atoms with Gasteiger partial charge in [-0.3, -0.25) is 4.99 Å². The van der Waals surface area contributed by atoms with Crippen LogP contribution in [-0.2, 0) is 6.54 Å². The molecule has 1 unspecified atom stereocenters. The zero-order valence-corrected chi connectivity index (χ0v) is 20.4. The summed E-state index contributed by atoms with van der Waals surface area (Å²) in [7, 11) is 5.77. The van der Waals surface area contributed by atoms with Crippen molar-refractivity contribution in [3.05, 3.63) is 59.9 Å². The highest BCUT2D eigenvalue weighted by molar-refractivity contribution is 14.0. The Kier molecular flexibility index (Phi) is 12.1. The lowest BCUT2D eigenvalue weighted by Crippen LogP contribution is -2.41. The van der Waals surface area contributed by atoms with E-state index in [1.807, 2.05) is 45.3 Å². The molecule has 0 amide bonds. The Morgan fingerprint density at radius 2 is 1.83 bits per heavy atom. The lowest BCUT2D eigenvalue weighted by atomic mass is 10.2. The van der Waals surface area contributed by atoms with E-state index in [0.717, 1.165) is 17.9 Å².